The fourth-order valence-electron chi connectivity index (χ4n) is 1.46. The molecular formula is C12H18ClNO3. The van der Waals surface area contributed by atoms with Crippen LogP contribution in [0.3, 0.4) is 0 Å². The van der Waals surface area contributed by atoms with Gasteiger partial charge in [-0.1, -0.05) is 24.6 Å². The Hall–Kier alpha value is -0.810. The van der Waals surface area contributed by atoms with E-state index >= 15 is 0 Å². The van der Waals surface area contributed by atoms with Crippen molar-refractivity contribution in [2.45, 2.75) is 25.4 Å². The molecule has 0 fully saturated rings. The van der Waals surface area contributed by atoms with Crippen LogP contribution in [-0.2, 0) is 6.54 Å². The van der Waals surface area contributed by atoms with E-state index in [1.807, 2.05) is 6.92 Å². The molecule has 96 valence electrons. The smallest absolute Gasteiger partial charge is 0.134 e. The maximum Gasteiger partial charge on any atom is 0.134 e. The standard InChI is InChI=1S/C12H18ClNO3/c1-2-12(7-15,8-16)14-6-9-3-4-11(17)10(13)5-9/h3-5,14-17H,2,6-8H2,1H3. The van der Waals surface area contributed by atoms with Crippen molar-refractivity contribution in [1.29, 1.82) is 0 Å². The van der Waals surface area contributed by atoms with Gasteiger partial charge in [0.05, 0.1) is 23.8 Å². The summed E-state index contributed by atoms with van der Waals surface area (Å²) in [7, 11) is 0. The average molecular weight is 260 g/mol. The first-order valence-corrected chi connectivity index (χ1v) is 5.89. The number of phenolic OH excluding ortho intramolecular Hbond substituents is 1. The lowest BCUT2D eigenvalue weighted by Crippen LogP contribution is -2.50. The molecule has 0 aromatic heterocycles. The van der Waals surface area contributed by atoms with E-state index in [2.05, 4.69) is 5.32 Å². The van der Waals surface area contributed by atoms with E-state index in [4.69, 9.17) is 11.6 Å². The van der Waals surface area contributed by atoms with Crippen molar-refractivity contribution in [3.8, 4) is 5.75 Å². The quantitative estimate of drug-likeness (QED) is 0.621. The van der Waals surface area contributed by atoms with Crippen molar-refractivity contribution in [2.24, 2.45) is 0 Å². The van der Waals surface area contributed by atoms with E-state index in [0.717, 1.165) is 5.56 Å². The SMILES string of the molecule is CCC(CO)(CO)NCc1ccc(O)c(Cl)c1. The molecule has 0 saturated carbocycles. The summed E-state index contributed by atoms with van der Waals surface area (Å²) in [6.07, 6.45) is 0.617. The summed E-state index contributed by atoms with van der Waals surface area (Å²) < 4.78 is 0. The molecule has 17 heavy (non-hydrogen) atoms. The zero-order chi connectivity index (χ0) is 12.9. The van der Waals surface area contributed by atoms with Crippen LogP contribution in [0.25, 0.3) is 0 Å². The van der Waals surface area contributed by atoms with Crippen LogP contribution in [0.2, 0.25) is 5.02 Å². The predicted molar refractivity (Wildman–Crippen MR) is 67.2 cm³/mol. The first-order chi connectivity index (χ1) is 8.06. The average Bonchev–Trinajstić information content (AvgIpc) is 2.36. The van der Waals surface area contributed by atoms with E-state index in [1.165, 1.54) is 6.07 Å². The van der Waals surface area contributed by atoms with E-state index in [0.29, 0.717) is 18.0 Å². The number of aliphatic hydroxyl groups is 2. The van der Waals surface area contributed by atoms with Crippen molar-refractivity contribution in [3.05, 3.63) is 28.8 Å². The summed E-state index contributed by atoms with van der Waals surface area (Å²) in [5.41, 5.74) is 0.206. The number of aliphatic hydroxyl groups excluding tert-OH is 2. The molecule has 0 aliphatic rings. The fraction of sp³-hybridized carbons (Fsp3) is 0.500. The number of hydrogen-bond donors (Lipinski definition) is 4. The second-order valence-corrected chi connectivity index (χ2v) is 4.50. The van der Waals surface area contributed by atoms with E-state index in [9.17, 15) is 15.3 Å². The number of benzene rings is 1. The highest BCUT2D eigenvalue weighted by Crippen LogP contribution is 2.23. The molecule has 1 rings (SSSR count). The van der Waals surface area contributed by atoms with Crippen LogP contribution in [0, 0.1) is 0 Å². The van der Waals surface area contributed by atoms with Crippen molar-refractivity contribution in [2.75, 3.05) is 13.2 Å². The van der Waals surface area contributed by atoms with Crippen LogP contribution in [0.1, 0.15) is 18.9 Å². The number of nitrogens with one attached hydrogen (secondary N) is 1. The molecule has 1 aromatic carbocycles. The van der Waals surface area contributed by atoms with Crippen LogP contribution in [0.5, 0.6) is 5.75 Å². The van der Waals surface area contributed by atoms with Crippen molar-refractivity contribution in [1.82, 2.24) is 5.32 Å². The Bertz CT molecular complexity index is 359. The van der Waals surface area contributed by atoms with Gasteiger partial charge in [-0.25, -0.2) is 0 Å². The van der Waals surface area contributed by atoms with Gasteiger partial charge in [-0.3, -0.25) is 0 Å². The Morgan fingerprint density at radius 1 is 1.29 bits per heavy atom. The third-order valence-electron chi connectivity index (χ3n) is 2.96. The Balaban J connectivity index is 2.68. The van der Waals surface area contributed by atoms with Gasteiger partial charge in [0.2, 0.25) is 0 Å². The summed E-state index contributed by atoms with van der Waals surface area (Å²) in [5, 5.41) is 31.2. The monoisotopic (exact) mass is 259 g/mol. The minimum absolute atomic E-state index is 0.0430. The van der Waals surface area contributed by atoms with Crippen LogP contribution < -0.4 is 5.32 Å². The Morgan fingerprint density at radius 3 is 2.41 bits per heavy atom. The molecule has 0 aliphatic carbocycles. The summed E-state index contributed by atoms with van der Waals surface area (Å²) in [6, 6.07) is 4.91. The highest BCUT2D eigenvalue weighted by Gasteiger charge is 2.25. The predicted octanol–water partition coefficient (Wildman–Crippen LogP) is 1.27. The zero-order valence-corrected chi connectivity index (χ0v) is 10.5. The first-order valence-electron chi connectivity index (χ1n) is 5.51. The van der Waals surface area contributed by atoms with Gasteiger partial charge < -0.3 is 20.6 Å². The topological polar surface area (TPSA) is 72.7 Å². The third-order valence-corrected chi connectivity index (χ3v) is 3.26. The second-order valence-electron chi connectivity index (χ2n) is 4.09. The number of rotatable bonds is 6. The van der Waals surface area contributed by atoms with E-state index in [-0.39, 0.29) is 19.0 Å². The van der Waals surface area contributed by atoms with Gasteiger partial charge in [-0.05, 0) is 24.1 Å². The minimum Gasteiger partial charge on any atom is -0.506 e. The highest BCUT2D eigenvalue weighted by atomic mass is 35.5. The van der Waals surface area contributed by atoms with Gasteiger partial charge >= 0.3 is 0 Å². The molecule has 0 radical (unpaired) electrons. The van der Waals surface area contributed by atoms with Crippen LogP contribution in [0.4, 0.5) is 0 Å². The van der Waals surface area contributed by atoms with Gasteiger partial charge in [0.25, 0.3) is 0 Å². The maximum atomic E-state index is 9.28. The minimum atomic E-state index is -0.676. The second kappa shape index (κ2) is 6.21. The zero-order valence-electron chi connectivity index (χ0n) is 9.78. The molecule has 0 bridgehead atoms. The molecule has 0 aliphatic heterocycles. The molecule has 1 aromatic rings. The Morgan fingerprint density at radius 2 is 1.94 bits per heavy atom. The molecular weight excluding hydrogens is 242 g/mol. The molecule has 0 heterocycles. The van der Waals surface area contributed by atoms with Gasteiger partial charge in [0, 0.05) is 6.54 Å². The van der Waals surface area contributed by atoms with Crippen molar-refractivity contribution in [3.63, 3.8) is 0 Å². The number of phenols is 1. The Labute approximate surface area is 106 Å². The normalized spacial score (nSPS) is 11.8. The van der Waals surface area contributed by atoms with Crippen molar-refractivity contribution < 1.29 is 15.3 Å². The maximum absolute atomic E-state index is 9.28. The lowest BCUT2D eigenvalue weighted by atomic mass is 9.98. The fourth-order valence-corrected chi connectivity index (χ4v) is 1.66. The highest BCUT2D eigenvalue weighted by molar-refractivity contribution is 6.32. The molecule has 0 spiro atoms. The molecule has 0 unspecified atom stereocenters. The van der Waals surface area contributed by atoms with E-state index < -0.39 is 5.54 Å². The first kappa shape index (κ1) is 14.3. The van der Waals surface area contributed by atoms with Crippen molar-refractivity contribution >= 4 is 11.6 Å². The van der Waals surface area contributed by atoms with E-state index in [1.54, 1.807) is 12.1 Å². The number of halogens is 1. The molecule has 5 heteroatoms. The molecule has 0 saturated heterocycles. The van der Waals surface area contributed by atoms with Gasteiger partial charge in [-0.15, -0.1) is 0 Å². The number of aromatic hydroxyl groups is 1. The lowest BCUT2D eigenvalue weighted by molar-refractivity contribution is 0.0864. The summed E-state index contributed by atoms with van der Waals surface area (Å²) in [6.45, 7) is 2.09. The molecule has 4 nitrogen and oxygen atoms in total. The summed E-state index contributed by atoms with van der Waals surface area (Å²) in [4.78, 5) is 0. The van der Waals surface area contributed by atoms with Crippen LogP contribution in [-0.4, -0.2) is 34.1 Å². The molecule has 4 N–H and O–H groups in total. The van der Waals surface area contributed by atoms with Crippen LogP contribution in [0.15, 0.2) is 18.2 Å². The molecule has 0 amide bonds. The summed E-state index contributed by atoms with van der Waals surface area (Å²) >= 11 is 5.79. The van der Waals surface area contributed by atoms with Gasteiger partial charge in [0.15, 0.2) is 0 Å². The summed E-state index contributed by atoms with van der Waals surface area (Å²) in [5.74, 6) is 0.0430. The van der Waals surface area contributed by atoms with Gasteiger partial charge in [0.1, 0.15) is 5.75 Å². The Kier molecular flexibility index (Phi) is 5.21. The third kappa shape index (κ3) is 3.57. The largest absolute Gasteiger partial charge is 0.506 e. The van der Waals surface area contributed by atoms with Crippen LogP contribution >= 0.6 is 11.6 Å². The van der Waals surface area contributed by atoms with Gasteiger partial charge in [-0.2, -0.15) is 0 Å². The lowest BCUT2D eigenvalue weighted by Gasteiger charge is -2.30. The number of hydrogen-bond acceptors (Lipinski definition) is 4. The molecule has 0 atom stereocenters.